The van der Waals surface area contributed by atoms with Crippen LogP contribution in [0.2, 0.25) is 5.02 Å². The van der Waals surface area contributed by atoms with E-state index in [0.29, 0.717) is 22.6 Å². The summed E-state index contributed by atoms with van der Waals surface area (Å²) in [7, 11) is 0. The summed E-state index contributed by atoms with van der Waals surface area (Å²) in [6.45, 7) is 1.73. The van der Waals surface area contributed by atoms with E-state index in [1.165, 1.54) is 12.1 Å². The minimum atomic E-state index is -4.45. The molecule has 2 aromatic rings. The number of aryl methyl sites for hydroxylation is 1. The highest BCUT2D eigenvalue weighted by atomic mass is 35.5. The number of alkyl halides is 3. The first-order chi connectivity index (χ1) is 8.79. The zero-order chi connectivity index (χ0) is 14.2. The third-order valence-corrected chi connectivity index (χ3v) is 3.01. The van der Waals surface area contributed by atoms with Crippen molar-refractivity contribution in [1.82, 2.24) is 4.98 Å². The zero-order valence-electron chi connectivity index (χ0n) is 9.92. The first-order valence-corrected chi connectivity index (χ1v) is 5.77. The molecular weight excluding hydrogens is 277 g/mol. The summed E-state index contributed by atoms with van der Waals surface area (Å²) in [5.74, 6) is 0.360. The van der Waals surface area contributed by atoms with Gasteiger partial charge in [-0.2, -0.15) is 13.2 Å². The lowest BCUT2D eigenvalue weighted by atomic mass is 10.0. The highest BCUT2D eigenvalue weighted by Gasteiger charge is 2.33. The Morgan fingerprint density at radius 2 is 1.84 bits per heavy atom. The van der Waals surface area contributed by atoms with Crippen LogP contribution in [0.3, 0.4) is 0 Å². The molecule has 0 aliphatic rings. The topological polar surface area (TPSA) is 38.9 Å². The maximum absolute atomic E-state index is 12.6. The highest BCUT2D eigenvalue weighted by molar-refractivity contribution is 6.31. The Balaban J connectivity index is 2.51. The molecule has 2 rings (SSSR count). The second kappa shape index (κ2) is 4.74. The molecule has 0 atom stereocenters. The Hall–Kier alpha value is -1.75. The van der Waals surface area contributed by atoms with Crippen LogP contribution in [0, 0.1) is 6.92 Å². The van der Waals surface area contributed by atoms with Gasteiger partial charge in [0, 0.05) is 11.3 Å². The first-order valence-electron chi connectivity index (χ1n) is 5.39. The molecule has 0 unspecified atom stereocenters. The number of anilines is 1. The third kappa shape index (κ3) is 2.81. The summed E-state index contributed by atoms with van der Waals surface area (Å²) >= 11 is 5.68. The average molecular weight is 287 g/mol. The Labute approximate surface area is 113 Å². The molecule has 0 fully saturated rings. The lowest BCUT2D eigenvalue weighted by Crippen LogP contribution is -2.05. The Kier molecular flexibility index (Phi) is 3.41. The molecule has 2 N–H and O–H groups in total. The number of aromatic nitrogens is 1. The van der Waals surface area contributed by atoms with E-state index < -0.39 is 11.7 Å². The van der Waals surface area contributed by atoms with Gasteiger partial charge in [0.2, 0.25) is 0 Å². The van der Waals surface area contributed by atoms with E-state index in [1.807, 2.05) is 0 Å². The quantitative estimate of drug-likeness (QED) is 0.848. The number of hydrogen-bond acceptors (Lipinski definition) is 2. The van der Waals surface area contributed by atoms with Gasteiger partial charge >= 0.3 is 6.18 Å². The van der Waals surface area contributed by atoms with Crippen LogP contribution in [-0.2, 0) is 6.18 Å². The normalized spacial score (nSPS) is 11.6. The van der Waals surface area contributed by atoms with E-state index in [0.717, 1.165) is 6.07 Å². The number of benzene rings is 1. The standard InChI is InChI=1S/C13H10ClF3N2/c1-7-9(3-5-12(18)19-7)8-2-4-10(11(14)6-8)13(15,16)17/h2-6H,1H3,(H2,18,19). The van der Waals surface area contributed by atoms with Gasteiger partial charge in [-0.3, -0.25) is 0 Å². The Bertz CT molecular complexity index is 624. The molecule has 0 radical (unpaired) electrons. The summed E-state index contributed by atoms with van der Waals surface area (Å²) in [5.41, 5.74) is 6.59. The number of nitrogens with two attached hydrogens (primary N) is 1. The fourth-order valence-electron chi connectivity index (χ4n) is 1.80. The van der Waals surface area contributed by atoms with Gasteiger partial charge in [-0.15, -0.1) is 0 Å². The molecule has 100 valence electrons. The fraction of sp³-hybridized carbons (Fsp3) is 0.154. The number of nitrogen functional groups attached to an aromatic ring is 1. The molecule has 0 aliphatic carbocycles. The van der Waals surface area contributed by atoms with Gasteiger partial charge < -0.3 is 5.73 Å². The molecule has 0 aliphatic heterocycles. The Morgan fingerprint density at radius 1 is 1.16 bits per heavy atom. The summed E-state index contributed by atoms with van der Waals surface area (Å²) in [5, 5.41) is -0.332. The molecule has 0 saturated heterocycles. The predicted molar refractivity (Wildman–Crippen MR) is 68.8 cm³/mol. The van der Waals surface area contributed by atoms with Gasteiger partial charge in [-0.1, -0.05) is 17.7 Å². The largest absolute Gasteiger partial charge is 0.417 e. The number of halogens is 4. The lowest BCUT2D eigenvalue weighted by Gasteiger charge is -2.11. The average Bonchev–Trinajstić information content (AvgIpc) is 2.26. The fourth-order valence-corrected chi connectivity index (χ4v) is 2.09. The predicted octanol–water partition coefficient (Wildman–Crippen LogP) is 4.31. The molecule has 0 amide bonds. The van der Waals surface area contributed by atoms with Crippen molar-refractivity contribution < 1.29 is 13.2 Å². The summed E-state index contributed by atoms with van der Waals surface area (Å²) < 4.78 is 37.8. The SMILES string of the molecule is Cc1nc(N)ccc1-c1ccc(C(F)(F)F)c(Cl)c1. The van der Waals surface area contributed by atoms with Crippen LogP contribution in [0.5, 0.6) is 0 Å². The maximum Gasteiger partial charge on any atom is 0.417 e. The molecule has 1 aromatic heterocycles. The van der Waals surface area contributed by atoms with Crippen molar-refractivity contribution in [3.05, 3.63) is 46.6 Å². The van der Waals surface area contributed by atoms with Crippen molar-refractivity contribution >= 4 is 17.4 Å². The molecular formula is C13H10ClF3N2. The maximum atomic E-state index is 12.6. The molecule has 6 heteroatoms. The van der Waals surface area contributed by atoms with Crippen molar-refractivity contribution in [3.63, 3.8) is 0 Å². The van der Waals surface area contributed by atoms with E-state index in [1.54, 1.807) is 19.1 Å². The van der Waals surface area contributed by atoms with E-state index >= 15 is 0 Å². The smallest absolute Gasteiger partial charge is 0.384 e. The number of nitrogens with zero attached hydrogens (tertiary/aromatic N) is 1. The molecule has 1 heterocycles. The molecule has 0 saturated carbocycles. The van der Waals surface area contributed by atoms with Crippen LogP contribution in [0.25, 0.3) is 11.1 Å². The molecule has 1 aromatic carbocycles. The van der Waals surface area contributed by atoms with Gasteiger partial charge in [-0.25, -0.2) is 4.98 Å². The van der Waals surface area contributed by atoms with E-state index in [-0.39, 0.29) is 5.02 Å². The summed E-state index contributed by atoms with van der Waals surface area (Å²) in [6.07, 6.45) is -4.45. The van der Waals surface area contributed by atoms with Gasteiger partial charge in [0.1, 0.15) is 5.82 Å². The van der Waals surface area contributed by atoms with E-state index in [2.05, 4.69) is 4.98 Å². The molecule has 0 spiro atoms. The molecule has 19 heavy (non-hydrogen) atoms. The van der Waals surface area contributed by atoms with Gasteiger partial charge in [0.05, 0.1) is 10.6 Å². The summed E-state index contributed by atoms with van der Waals surface area (Å²) in [4.78, 5) is 4.06. The van der Waals surface area contributed by atoms with Gasteiger partial charge in [0.15, 0.2) is 0 Å². The van der Waals surface area contributed by atoms with Crippen LogP contribution in [0.1, 0.15) is 11.3 Å². The second-order valence-electron chi connectivity index (χ2n) is 4.06. The van der Waals surface area contributed by atoms with Crippen molar-refractivity contribution in [1.29, 1.82) is 0 Å². The minimum Gasteiger partial charge on any atom is -0.384 e. The first kappa shape index (κ1) is 13.7. The summed E-state index contributed by atoms with van der Waals surface area (Å²) in [6, 6.07) is 6.91. The third-order valence-electron chi connectivity index (χ3n) is 2.69. The van der Waals surface area contributed by atoms with Crippen LogP contribution >= 0.6 is 11.6 Å². The molecule has 2 nitrogen and oxygen atoms in total. The molecule has 0 bridgehead atoms. The lowest BCUT2D eigenvalue weighted by molar-refractivity contribution is -0.137. The monoisotopic (exact) mass is 286 g/mol. The van der Waals surface area contributed by atoms with Crippen LogP contribution in [0.15, 0.2) is 30.3 Å². The zero-order valence-corrected chi connectivity index (χ0v) is 10.7. The van der Waals surface area contributed by atoms with Crippen molar-refractivity contribution in [2.75, 3.05) is 5.73 Å². The van der Waals surface area contributed by atoms with Crippen LogP contribution in [0.4, 0.5) is 19.0 Å². The number of pyridine rings is 1. The van der Waals surface area contributed by atoms with Gasteiger partial charge in [-0.05, 0) is 36.8 Å². The van der Waals surface area contributed by atoms with Crippen molar-refractivity contribution in [3.8, 4) is 11.1 Å². The minimum absolute atomic E-state index is 0.332. The van der Waals surface area contributed by atoms with E-state index in [4.69, 9.17) is 17.3 Å². The van der Waals surface area contributed by atoms with Crippen LogP contribution < -0.4 is 5.73 Å². The van der Waals surface area contributed by atoms with E-state index in [9.17, 15) is 13.2 Å². The number of rotatable bonds is 1. The number of hydrogen-bond donors (Lipinski definition) is 1. The van der Waals surface area contributed by atoms with Crippen LogP contribution in [-0.4, -0.2) is 4.98 Å². The van der Waals surface area contributed by atoms with Gasteiger partial charge in [0.25, 0.3) is 0 Å². The Morgan fingerprint density at radius 3 is 2.37 bits per heavy atom. The second-order valence-corrected chi connectivity index (χ2v) is 4.47. The van der Waals surface area contributed by atoms with Crippen molar-refractivity contribution in [2.24, 2.45) is 0 Å². The highest BCUT2D eigenvalue weighted by Crippen LogP contribution is 2.37. The van der Waals surface area contributed by atoms with Crippen molar-refractivity contribution in [2.45, 2.75) is 13.1 Å².